The van der Waals surface area contributed by atoms with Gasteiger partial charge in [-0.1, -0.05) is 12.1 Å². The van der Waals surface area contributed by atoms with Gasteiger partial charge in [0.05, 0.1) is 14.2 Å². The standard InChI is InChI=1S/C23H26N4O3/c1-15-12-16(2)26-23(25-15)27-19-7-5-6-18(14-19)22(28)24-11-10-17-8-9-20(29-3)21(13-17)30-4/h5-9,12-14H,10-11H2,1-4H3,(H,24,28)(H,25,26,27). The maximum Gasteiger partial charge on any atom is 0.251 e. The molecule has 0 saturated heterocycles. The minimum Gasteiger partial charge on any atom is -0.493 e. The zero-order valence-electron chi connectivity index (χ0n) is 17.7. The third-order valence-electron chi connectivity index (χ3n) is 4.51. The average Bonchev–Trinajstić information content (AvgIpc) is 2.73. The number of benzene rings is 2. The van der Waals surface area contributed by atoms with Gasteiger partial charge in [-0.25, -0.2) is 9.97 Å². The first-order valence-corrected chi connectivity index (χ1v) is 9.67. The van der Waals surface area contributed by atoms with Crippen LogP contribution in [0.1, 0.15) is 27.3 Å². The van der Waals surface area contributed by atoms with E-state index in [1.165, 1.54) is 0 Å². The predicted molar refractivity (Wildman–Crippen MR) is 117 cm³/mol. The van der Waals surface area contributed by atoms with Gasteiger partial charge in [-0.15, -0.1) is 0 Å². The van der Waals surface area contributed by atoms with Gasteiger partial charge in [0, 0.05) is 29.2 Å². The molecule has 2 N–H and O–H groups in total. The van der Waals surface area contributed by atoms with Crippen LogP contribution >= 0.6 is 0 Å². The fraction of sp³-hybridized carbons (Fsp3) is 0.261. The summed E-state index contributed by atoms with van der Waals surface area (Å²) in [5, 5.41) is 6.11. The third kappa shape index (κ3) is 5.47. The monoisotopic (exact) mass is 406 g/mol. The molecular weight excluding hydrogens is 380 g/mol. The molecule has 1 heterocycles. The fourth-order valence-electron chi connectivity index (χ4n) is 3.11. The number of carbonyl (C=O) groups excluding carboxylic acids is 1. The van der Waals surface area contributed by atoms with Gasteiger partial charge in [0.1, 0.15) is 0 Å². The van der Waals surface area contributed by atoms with E-state index in [2.05, 4.69) is 20.6 Å². The molecule has 0 aliphatic carbocycles. The van der Waals surface area contributed by atoms with E-state index in [0.717, 1.165) is 22.6 Å². The Morgan fingerprint density at radius 2 is 1.67 bits per heavy atom. The topological polar surface area (TPSA) is 85.4 Å². The zero-order chi connectivity index (χ0) is 21.5. The lowest BCUT2D eigenvalue weighted by Gasteiger charge is -2.11. The van der Waals surface area contributed by atoms with Crippen LogP contribution in [0.4, 0.5) is 11.6 Å². The number of rotatable bonds is 8. The Morgan fingerprint density at radius 1 is 0.933 bits per heavy atom. The highest BCUT2D eigenvalue weighted by atomic mass is 16.5. The molecule has 1 aromatic heterocycles. The number of carbonyl (C=O) groups is 1. The van der Waals surface area contributed by atoms with E-state index in [1.807, 2.05) is 50.2 Å². The number of methoxy groups -OCH3 is 2. The minimum absolute atomic E-state index is 0.138. The van der Waals surface area contributed by atoms with Crippen molar-refractivity contribution in [3.63, 3.8) is 0 Å². The molecule has 3 rings (SSSR count). The number of nitrogens with one attached hydrogen (secondary N) is 2. The van der Waals surface area contributed by atoms with Crippen molar-refractivity contribution in [2.45, 2.75) is 20.3 Å². The molecule has 156 valence electrons. The number of hydrogen-bond acceptors (Lipinski definition) is 6. The molecule has 3 aromatic rings. The summed E-state index contributed by atoms with van der Waals surface area (Å²) in [5.74, 6) is 1.73. The molecule has 0 aliphatic rings. The van der Waals surface area contributed by atoms with Gasteiger partial charge in [-0.05, 0) is 62.2 Å². The smallest absolute Gasteiger partial charge is 0.251 e. The molecule has 7 heteroatoms. The molecule has 1 amide bonds. The number of anilines is 2. The number of nitrogens with zero attached hydrogens (tertiary/aromatic N) is 2. The van der Waals surface area contributed by atoms with Crippen LogP contribution in [-0.4, -0.2) is 36.6 Å². The Hall–Kier alpha value is -3.61. The Balaban J connectivity index is 1.60. The highest BCUT2D eigenvalue weighted by molar-refractivity contribution is 5.95. The van der Waals surface area contributed by atoms with Gasteiger partial charge in [0.25, 0.3) is 5.91 Å². The Morgan fingerprint density at radius 3 is 2.37 bits per heavy atom. The zero-order valence-corrected chi connectivity index (χ0v) is 17.7. The summed E-state index contributed by atoms with van der Waals surface area (Å²) in [7, 11) is 3.21. The van der Waals surface area contributed by atoms with Gasteiger partial charge in [-0.3, -0.25) is 4.79 Å². The summed E-state index contributed by atoms with van der Waals surface area (Å²) in [6.07, 6.45) is 0.681. The first-order valence-electron chi connectivity index (χ1n) is 9.67. The van der Waals surface area contributed by atoms with Crippen molar-refractivity contribution in [1.82, 2.24) is 15.3 Å². The van der Waals surface area contributed by atoms with E-state index in [4.69, 9.17) is 9.47 Å². The molecule has 0 unspecified atom stereocenters. The van der Waals surface area contributed by atoms with Gasteiger partial charge in [0.15, 0.2) is 11.5 Å². The van der Waals surface area contributed by atoms with E-state index >= 15 is 0 Å². The van der Waals surface area contributed by atoms with Crippen molar-refractivity contribution in [1.29, 1.82) is 0 Å². The first-order chi connectivity index (χ1) is 14.5. The Bertz CT molecular complexity index is 1020. The third-order valence-corrected chi connectivity index (χ3v) is 4.51. The van der Waals surface area contributed by atoms with Crippen molar-refractivity contribution in [3.8, 4) is 11.5 Å². The number of hydrogen-bond donors (Lipinski definition) is 2. The van der Waals surface area contributed by atoms with Crippen LogP contribution < -0.4 is 20.1 Å². The quantitative estimate of drug-likeness (QED) is 0.591. The van der Waals surface area contributed by atoms with Gasteiger partial charge >= 0.3 is 0 Å². The molecule has 0 spiro atoms. The van der Waals surface area contributed by atoms with Crippen molar-refractivity contribution < 1.29 is 14.3 Å². The minimum atomic E-state index is -0.138. The van der Waals surface area contributed by atoms with Crippen molar-refractivity contribution in [2.75, 3.05) is 26.1 Å². The molecule has 0 aliphatic heterocycles. The van der Waals surface area contributed by atoms with Crippen molar-refractivity contribution in [3.05, 3.63) is 71.0 Å². The number of aromatic nitrogens is 2. The molecule has 0 radical (unpaired) electrons. The lowest BCUT2D eigenvalue weighted by Crippen LogP contribution is -2.25. The molecular formula is C23H26N4O3. The normalized spacial score (nSPS) is 10.4. The van der Waals surface area contributed by atoms with Crippen LogP contribution in [-0.2, 0) is 6.42 Å². The average molecular weight is 406 g/mol. The molecule has 0 atom stereocenters. The summed E-state index contributed by atoms with van der Waals surface area (Å²) < 4.78 is 10.6. The molecule has 7 nitrogen and oxygen atoms in total. The van der Waals surface area contributed by atoms with Crippen LogP contribution in [0.25, 0.3) is 0 Å². The number of amides is 1. The molecule has 2 aromatic carbocycles. The Kier molecular flexibility index (Phi) is 6.85. The van der Waals surface area contributed by atoms with Crippen LogP contribution in [0.2, 0.25) is 0 Å². The number of aryl methyl sites for hydroxylation is 2. The predicted octanol–water partition coefficient (Wildman–Crippen LogP) is 3.83. The van der Waals surface area contributed by atoms with Gasteiger partial charge in [0.2, 0.25) is 5.95 Å². The lowest BCUT2D eigenvalue weighted by atomic mass is 10.1. The largest absolute Gasteiger partial charge is 0.493 e. The van der Waals surface area contributed by atoms with E-state index in [1.54, 1.807) is 26.4 Å². The van der Waals surface area contributed by atoms with Crippen LogP contribution in [0.15, 0.2) is 48.5 Å². The van der Waals surface area contributed by atoms with Crippen LogP contribution in [0, 0.1) is 13.8 Å². The summed E-state index contributed by atoms with van der Waals surface area (Å²) in [6, 6.07) is 14.9. The second-order valence-electron chi connectivity index (χ2n) is 6.88. The van der Waals surface area contributed by atoms with E-state index in [0.29, 0.717) is 36.0 Å². The summed E-state index contributed by atoms with van der Waals surface area (Å²) in [5.41, 5.74) is 4.14. The highest BCUT2D eigenvalue weighted by Crippen LogP contribution is 2.27. The van der Waals surface area contributed by atoms with Crippen LogP contribution in [0.5, 0.6) is 11.5 Å². The van der Waals surface area contributed by atoms with E-state index in [-0.39, 0.29) is 5.91 Å². The number of ether oxygens (including phenoxy) is 2. The van der Waals surface area contributed by atoms with E-state index in [9.17, 15) is 4.79 Å². The Labute approximate surface area is 176 Å². The second-order valence-corrected chi connectivity index (χ2v) is 6.88. The fourth-order valence-corrected chi connectivity index (χ4v) is 3.11. The van der Waals surface area contributed by atoms with Gasteiger partial charge in [-0.2, -0.15) is 0 Å². The maximum absolute atomic E-state index is 12.6. The summed E-state index contributed by atoms with van der Waals surface area (Å²) in [4.78, 5) is 21.3. The SMILES string of the molecule is COc1ccc(CCNC(=O)c2cccc(Nc3nc(C)cc(C)n3)c2)cc1OC. The second kappa shape index (κ2) is 9.73. The molecule has 0 saturated carbocycles. The first kappa shape index (κ1) is 21.1. The van der Waals surface area contributed by atoms with Crippen molar-refractivity contribution in [2.24, 2.45) is 0 Å². The van der Waals surface area contributed by atoms with Crippen LogP contribution in [0.3, 0.4) is 0 Å². The molecule has 0 bridgehead atoms. The molecule has 30 heavy (non-hydrogen) atoms. The van der Waals surface area contributed by atoms with Crippen molar-refractivity contribution >= 4 is 17.5 Å². The lowest BCUT2D eigenvalue weighted by molar-refractivity contribution is 0.0954. The van der Waals surface area contributed by atoms with E-state index < -0.39 is 0 Å². The highest BCUT2D eigenvalue weighted by Gasteiger charge is 2.09. The van der Waals surface area contributed by atoms with Gasteiger partial charge < -0.3 is 20.1 Å². The summed E-state index contributed by atoms with van der Waals surface area (Å²) in [6.45, 7) is 4.34. The molecule has 0 fully saturated rings. The summed E-state index contributed by atoms with van der Waals surface area (Å²) >= 11 is 0. The maximum atomic E-state index is 12.6.